The van der Waals surface area contributed by atoms with Crippen LogP contribution in [0.25, 0.3) is 21.8 Å². The summed E-state index contributed by atoms with van der Waals surface area (Å²) in [5, 5.41) is 11.7. The van der Waals surface area contributed by atoms with Gasteiger partial charge in [-0.1, -0.05) is 12.1 Å². The van der Waals surface area contributed by atoms with Gasteiger partial charge in [0.05, 0.1) is 5.97 Å². The summed E-state index contributed by atoms with van der Waals surface area (Å²) >= 11 is 1.14. The Morgan fingerprint density at radius 1 is 1.10 bits per heavy atom. The van der Waals surface area contributed by atoms with E-state index in [4.69, 9.17) is 0 Å². The van der Waals surface area contributed by atoms with Crippen molar-refractivity contribution in [2.24, 2.45) is 0 Å². The van der Waals surface area contributed by atoms with Gasteiger partial charge in [-0.15, -0.1) is 11.8 Å². The molecule has 0 bridgehead atoms. The van der Waals surface area contributed by atoms with E-state index in [2.05, 4.69) is 4.98 Å². The molecule has 0 saturated heterocycles. The number of rotatable bonds is 3. The van der Waals surface area contributed by atoms with Crippen LogP contribution in [0.5, 0.6) is 0 Å². The number of aromatic nitrogens is 1. The summed E-state index contributed by atoms with van der Waals surface area (Å²) in [4.78, 5) is 26.8. The predicted octanol–water partition coefficient (Wildman–Crippen LogP) is -1.47. The molecule has 0 amide bonds. The molecule has 1 heterocycles. The molecule has 1 aromatic heterocycles. The molecule has 6 heteroatoms. The van der Waals surface area contributed by atoms with E-state index in [1.165, 1.54) is 0 Å². The first-order chi connectivity index (χ1) is 9.65. The van der Waals surface area contributed by atoms with Gasteiger partial charge in [0.25, 0.3) is 0 Å². The molecule has 0 aliphatic rings. The molecule has 0 saturated carbocycles. The molecule has 0 fully saturated rings. The SMILES string of the molecule is O=C([O-])CSc1ccc2[nH]c3ccccc3c(=O)c2c1.[Na+]. The number of hydrogen-bond acceptors (Lipinski definition) is 4. The Morgan fingerprint density at radius 3 is 2.57 bits per heavy atom. The van der Waals surface area contributed by atoms with Crippen molar-refractivity contribution in [3.63, 3.8) is 0 Å². The fourth-order valence-corrected chi connectivity index (χ4v) is 2.78. The van der Waals surface area contributed by atoms with Gasteiger partial charge in [0.1, 0.15) is 0 Å². The summed E-state index contributed by atoms with van der Waals surface area (Å²) in [5.74, 6) is -1.25. The van der Waals surface area contributed by atoms with E-state index in [0.29, 0.717) is 10.8 Å². The third kappa shape index (κ3) is 3.32. The van der Waals surface area contributed by atoms with Crippen molar-refractivity contribution in [2.45, 2.75) is 4.90 Å². The Morgan fingerprint density at radius 2 is 1.81 bits per heavy atom. The van der Waals surface area contributed by atoms with Crippen molar-refractivity contribution in [2.75, 3.05) is 5.75 Å². The minimum Gasteiger partial charge on any atom is -0.549 e. The minimum absolute atomic E-state index is 0. The van der Waals surface area contributed by atoms with Crippen molar-refractivity contribution in [1.29, 1.82) is 0 Å². The Bertz CT molecular complexity index is 876. The standard InChI is InChI=1S/C15H11NO3S.Na/c17-14(18)8-20-9-5-6-13-11(7-9)15(19)10-3-1-2-4-12(10)16-13;/h1-7H,8H2,(H,16,19)(H,17,18);/q;+1/p-1. The Labute approximate surface area is 146 Å². The van der Waals surface area contributed by atoms with Crippen molar-refractivity contribution in [3.05, 3.63) is 52.7 Å². The summed E-state index contributed by atoms with van der Waals surface area (Å²) in [6.07, 6.45) is 0. The summed E-state index contributed by atoms with van der Waals surface area (Å²) in [7, 11) is 0. The summed E-state index contributed by atoms with van der Waals surface area (Å²) in [6.45, 7) is 0. The van der Waals surface area contributed by atoms with Crippen molar-refractivity contribution < 1.29 is 39.5 Å². The zero-order chi connectivity index (χ0) is 14.1. The number of fused-ring (bicyclic) bond motifs is 2. The number of hydrogen-bond donors (Lipinski definition) is 1. The molecule has 0 aliphatic heterocycles. The Kier molecular flexibility index (Phi) is 5.11. The largest absolute Gasteiger partial charge is 1.00 e. The molecular formula is C15H10NNaO3S. The maximum atomic E-state index is 12.4. The number of aliphatic carboxylic acids is 1. The molecule has 3 aromatic rings. The maximum Gasteiger partial charge on any atom is 1.00 e. The fraction of sp³-hybridized carbons (Fsp3) is 0.0667. The number of thioether (sulfide) groups is 1. The zero-order valence-corrected chi connectivity index (χ0v) is 14.2. The van der Waals surface area contributed by atoms with Crippen LogP contribution in [-0.2, 0) is 4.79 Å². The van der Waals surface area contributed by atoms with Crippen molar-refractivity contribution in [1.82, 2.24) is 4.98 Å². The van der Waals surface area contributed by atoms with Crippen LogP contribution >= 0.6 is 11.8 Å². The molecule has 0 aliphatic carbocycles. The van der Waals surface area contributed by atoms with E-state index >= 15 is 0 Å². The van der Waals surface area contributed by atoms with E-state index < -0.39 is 5.97 Å². The molecule has 0 unspecified atom stereocenters. The average molecular weight is 307 g/mol. The molecule has 2 aromatic carbocycles. The van der Waals surface area contributed by atoms with E-state index in [0.717, 1.165) is 27.7 Å². The van der Waals surface area contributed by atoms with E-state index in [-0.39, 0.29) is 40.7 Å². The van der Waals surface area contributed by atoms with Gasteiger partial charge in [-0.05, 0) is 30.3 Å². The maximum absolute atomic E-state index is 12.4. The first-order valence-corrected chi connectivity index (χ1v) is 7.01. The van der Waals surface area contributed by atoms with E-state index in [9.17, 15) is 14.7 Å². The summed E-state index contributed by atoms with van der Waals surface area (Å²) in [5.41, 5.74) is 1.48. The van der Waals surface area contributed by atoms with Gasteiger partial charge in [0.2, 0.25) is 0 Å². The number of carboxylic acids is 1. The number of carbonyl (C=O) groups is 1. The number of aromatic amines is 1. The molecule has 3 rings (SSSR count). The quantitative estimate of drug-likeness (QED) is 0.364. The van der Waals surface area contributed by atoms with Crippen LogP contribution in [-0.4, -0.2) is 16.7 Å². The second-order valence-electron chi connectivity index (χ2n) is 4.37. The van der Waals surface area contributed by atoms with Crippen LogP contribution in [0.3, 0.4) is 0 Å². The van der Waals surface area contributed by atoms with Crippen LogP contribution in [0.15, 0.2) is 52.2 Å². The molecule has 1 N–H and O–H groups in total. The van der Waals surface area contributed by atoms with Gasteiger partial charge in [0.15, 0.2) is 5.43 Å². The van der Waals surface area contributed by atoms with Crippen molar-refractivity contribution in [3.8, 4) is 0 Å². The number of pyridine rings is 1. The first kappa shape index (κ1) is 16.1. The number of benzene rings is 2. The molecule has 21 heavy (non-hydrogen) atoms. The van der Waals surface area contributed by atoms with Gasteiger partial charge in [0, 0.05) is 32.5 Å². The van der Waals surface area contributed by atoms with Crippen LogP contribution in [0.4, 0.5) is 0 Å². The number of carboxylic acid groups (broad SMARTS) is 1. The smallest absolute Gasteiger partial charge is 0.549 e. The summed E-state index contributed by atoms with van der Waals surface area (Å²) in [6, 6.07) is 12.6. The first-order valence-electron chi connectivity index (χ1n) is 6.02. The minimum atomic E-state index is -1.12. The number of carbonyl (C=O) groups excluding carboxylic acids is 1. The third-order valence-electron chi connectivity index (χ3n) is 3.03. The Balaban J connectivity index is 0.00000161. The zero-order valence-electron chi connectivity index (χ0n) is 11.4. The number of H-pyrrole nitrogens is 1. The van der Waals surface area contributed by atoms with Gasteiger partial charge in [-0.2, -0.15) is 0 Å². The monoisotopic (exact) mass is 307 g/mol. The number of nitrogens with one attached hydrogen (secondary N) is 1. The normalized spacial score (nSPS) is 10.5. The third-order valence-corrected chi connectivity index (χ3v) is 4.00. The molecule has 100 valence electrons. The van der Waals surface area contributed by atoms with Crippen LogP contribution < -0.4 is 40.1 Å². The number of para-hydroxylation sites is 1. The second-order valence-corrected chi connectivity index (χ2v) is 5.42. The van der Waals surface area contributed by atoms with Gasteiger partial charge in [-0.25, -0.2) is 0 Å². The van der Waals surface area contributed by atoms with Crippen molar-refractivity contribution >= 4 is 39.5 Å². The molecule has 0 atom stereocenters. The fourth-order valence-electron chi connectivity index (χ4n) is 2.13. The van der Waals surface area contributed by atoms with Crippen LogP contribution in [0.2, 0.25) is 0 Å². The van der Waals surface area contributed by atoms with Gasteiger partial charge >= 0.3 is 29.6 Å². The second kappa shape index (κ2) is 6.66. The molecule has 0 radical (unpaired) electrons. The van der Waals surface area contributed by atoms with E-state index in [1.807, 2.05) is 18.2 Å². The summed E-state index contributed by atoms with van der Waals surface area (Å²) < 4.78 is 0. The average Bonchev–Trinajstić information content (AvgIpc) is 2.46. The molecular weight excluding hydrogens is 297 g/mol. The van der Waals surface area contributed by atoms with Gasteiger partial charge in [-0.3, -0.25) is 4.79 Å². The predicted molar refractivity (Wildman–Crippen MR) is 77.8 cm³/mol. The topological polar surface area (TPSA) is 73.0 Å². The Hall–Kier alpha value is -1.27. The molecule has 0 spiro atoms. The van der Waals surface area contributed by atoms with Crippen LogP contribution in [0.1, 0.15) is 0 Å². The van der Waals surface area contributed by atoms with Gasteiger partial charge < -0.3 is 14.9 Å². The van der Waals surface area contributed by atoms with E-state index in [1.54, 1.807) is 24.3 Å². The van der Waals surface area contributed by atoms with Crippen LogP contribution in [0, 0.1) is 0 Å². The molecule has 4 nitrogen and oxygen atoms in total.